The predicted molar refractivity (Wildman–Crippen MR) is 131 cm³/mol. The number of nitrogens with zero attached hydrogens (tertiary/aromatic N) is 1. The molecule has 0 aromatic heterocycles. The van der Waals surface area contributed by atoms with Gasteiger partial charge in [0.1, 0.15) is 0 Å². The first-order chi connectivity index (χ1) is 14.3. The van der Waals surface area contributed by atoms with Gasteiger partial charge >= 0.3 is 0 Å². The highest BCUT2D eigenvalue weighted by atomic mass is 16.5. The van der Waals surface area contributed by atoms with Gasteiger partial charge in [-0.15, -0.1) is 0 Å². The summed E-state index contributed by atoms with van der Waals surface area (Å²) in [6.07, 6.45) is 23.2. The van der Waals surface area contributed by atoms with Gasteiger partial charge < -0.3 is 4.74 Å². The molecule has 0 amide bonds. The second-order valence-electron chi connectivity index (χ2n) is 11.5. The van der Waals surface area contributed by atoms with E-state index in [1.54, 1.807) is 0 Å². The standard InChI is InChI=1S/C27H54N2O/c1-6-7-8-9-10-12-17-24(18-15-23-30-25-19-13-11-14-20-25)28-29-26(2,3)21-16-22-27(29,4)5/h24-25,28H,6-23H2,1-5H3. The van der Waals surface area contributed by atoms with E-state index in [4.69, 9.17) is 4.74 Å². The Balaban J connectivity index is 1.82. The van der Waals surface area contributed by atoms with Crippen molar-refractivity contribution in [3.05, 3.63) is 0 Å². The van der Waals surface area contributed by atoms with E-state index >= 15 is 0 Å². The summed E-state index contributed by atoms with van der Waals surface area (Å²) in [5.74, 6) is 0. The van der Waals surface area contributed by atoms with Gasteiger partial charge in [0.25, 0.3) is 0 Å². The fraction of sp³-hybridized carbons (Fsp3) is 1.00. The average molecular weight is 423 g/mol. The lowest BCUT2D eigenvalue weighted by atomic mass is 9.81. The van der Waals surface area contributed by atoms with Gasteiger partial charge in [-0.25, -0.2) is 5.01 Å². The monoisotopic (exact) mass is 422 g/mol. The first-order valence-electron chi connectivity index (χ1n) is 13.5. The minimum absolute atomic E-state index is 0.236. The normalized spacial score (nSPS) is 23.5. The van der Waals surface area contributed by atoms with Crippen molar-refractivity contribution < 1.29 is 4.74 Å². The minimum Gasteiger partial charge on any atom is -0.378 e. The SMILES string of the molecule is CCCCCCCCC(CCCOC1CCCCC1)NN1C(C)(C)CCCC1(C)C. The lowest BCUT2D eigenvalue weighted by Crippen LogP contribution is -2.66. The Morgan fingerprint density at radius 2 is 1.40 bits per heavy atom. The molecule has 30 heavy (non-hydrogen) atoms. The molecule has 3 nitrogen and oxygen atoms in total. The van der Waals surface area contributed by atoms with Crippen LogP contribution in [-0.4, -0.2) is 34.8 Å². The molecule has 1 saturated carbocycles. The van der Waals surface area contributed by atoms with Crippen LogP contribution in [0, 0.1) is 0 Å². The molecule has 1 saturated heterocycles. The summed E-state index contributed by atoms with van der Waals surface area (Å²) >= 11 is 0. The molecule has 1 aliphatic heterocycles. The third-order valence-electron chi connectivity index (χ3n) is 7.61. The minimum atomic E-state index is 0.236. The highest BCUT2D eigenvalue weighted by Gasteiger charge is 2.42. The van der Waals surface area contributed by atoms with Crippen LogP contribution in [0.5, 0.6) is 0 Å². The summed E-state index contributed by atoms with van der Waals surface area (Å²) in [4.78, 5) is 0. The fourth-order valence-electron chi connectivity index (χ4n) is 5.78. The molecule has 2 aliphatic rings. The predicted octanol–water partition coefficient (Wildman–Crippen LogP) is 7.78. The van der Waals surface area contributed by atoms with Gasteiger partial charge in [0.05, 0.1) is 6.10 Å². The molecule has 2 rings (SSSR count). The van der Waals surface area contributed by atoms with Crippen LogP contribution >= 0.6 is 0 Å². The van der Waals surface area contributed by atoms with E-state index in [0.717, 1.165) is 6.61 Å². The molecule has 1 N–H and O–H groups in total. The molecule has 1 atom stereocenters. The Morgan fingerprint density at radius 3 is 2.07 bits per heavy atom. The summed E-state index contributed by atoms with van der Waals surface area (Å²) in [6, 6.07) is 0.586. The van der Waals surface area contributed by atoms with E-state index in [9.17, 15) is 0 Å². The smallest absolute Gasteiger partial charge is 0.0575 e. The quantitative estimate of drug-likeness (QED) is 0.289. The van der Waals surface area contributed by atoms with E-state index in [2.05, 4.69) is 45.1 Å². The molecule has 3 heteroatoms. The number of hydrogen-bond donors (Lipinski definition) is 1. The molecule has 0 radical (unpaired) electrons. The number of hydrazine groups is 1. The molecule has 0 aromatic rings. The lowest BCUT2D eigenvalue weighted by molar-refractivity contribution is -0.0829. The Bertz CT molecular complexity index is 426. The van der Waals surface area contributed by atoms with Gasteiger partial charge in [-0.1, -0.05) is 64.7 Å². The van der Waals surface area contributed by atoms with Crippen LogP contribution in [0.15, 0.2) is 0 Å². The van der Waals surface area contributed by atoms with E-state index in [-0.39, 0.29) is 11.1 Å². The second-order valence-corrected chi connectivity index (χ2v) is 11.5. The van der Waals surface area contributed by atoms with Crippen molar-refractivity contribution in [2.24, 2.45) is 0 Å². The number of ether oxygens (including phenoxy) is 1. The van der Waals surface area contributed by atoms with Crippen molar-refractivity contribution in [1.82, 2.24) is 10.4 Å². The highest BCUT2D eigenvalue weighted by molar-refractivity contribution is 4.95. The molecule has 2 fully saturated rings. The summed E-state index contributed by atoms with van der Waals surface area (Å²) in [7, 11) is 0. The van der Waals surface area contributed by atoms with Gasteiger partial charge in [0.15, 0.2) is 0 Å². The Morgan fingerprint density at radius 1 is 0.800 bits per heavy atom. The van der Waals surface area contributed by atoms with Crippen molar-refractivity contribution in [1.29, 1.82) is 0 Å². The van der Waals surface area contributed by atoms with E-state index in [1.165, 1.54) is 109 Å². The molecule has 1 heterocycles. The van der Waals surface area contributed by atoms with Gasteiger partial charge in [0.2, 0.25) is 0 Å². The Labute approximate surface area is 189 Å². The van der Waals surface area contributed by atoms with Crippen molar-refractivity contribution >= 4 is 0 Å². The van der Waals surface area contributed by atoms with Crippen molar-refractivity contribution in [3.8, 4) is 0 Å². The third kappa shape index (κ3) is 9.17. The molecular weight excluding hydrogens is 368 g/mol. The van der Waals surface area contributed by atoms with Crippen LogP contribution in [-0.2, 0) is 4.74 Å². The van der Waals surface area contributed by atoms with Crippen molar-refractivity contribution in [3.63, 3.8) is 0 Å². The third-order valence-corrected chi connectivity index (χ3v) is 7.61. The summed E-state index contributed by atoms with van der Waals surface area (Å²) in [5.41, 5.74) is 4.53. The van der Waals surface area contributed by atoms with Crippen LogP contribution in [0.3, 0.4) is 0 Å². The van der Waals surface area contributed by atoms with Crippen LogP contribution in [0.25, 0.3) is 0 Å². The van der Waals surface area contributed by atoms with Crippen LogP contribution in [0.1, 0.15) is 144 Å². The van der Waals surface area contributed by atoms with Gasteiger partial charge in [-0.2, -0.15) is 0 Å². The lowest BCUT2D eigenvalue weighted by Gasteiger charge is -2.54. The number of hydrogen-bond acceptors (Lipinski definition) is 3. The topological polar surface area (TPSA) is 24.5 Å². The van der Waals surface area contributed by atoms with Gasteiger partial charge in [-0.3, -0.25) is 5.43 Å². The van der Waals surface area contributed by atoms with Gasteiger partial charge in [0, 0.05) is 23.7 Å². The number of unbranched alkanes of at least 4 members (excludes halogenated alkanes) is 5. The van der Waals surface area contributed by atoms with E-state index < -0.39 is 0 Å². The molecule has 0 bridgehead atoms. The number of rotatable bonds is 14. The van der Waals surface area contributed by atoms with Crippen molar-refractivity contribution in [2.75, 3.05) is 6.61 Å². The first-order valence-corrected chi connectivity index (χ1v) is 13.5. The zero-order valence-corrected chi connectivity index (χ0v) is 21.2. The maximum atomic E-state index is 6.23. The molecule has 1 unspecified atom stereocenters. The molecule has 0 aromatic carbocycles. The van der Waals surface area contributed by atoms with Gasteiger partial charge in [-0.05, 0) is 79.1 Å². The Kier molecular flexibility index (Phi) is 11.7. The number of nitrogens with one attached hydrogen (secondary N) is 1. The maximum absolute atomic E-state index is 6.23. The largest absolute Gasteiger partial charge is 0.378 e. The first kappa shape index (κ1) is 26.1. The van der Waals surface area contributed by atoms with E-state index in [0.29, 0.717) is 12.1 Å². The molecule has 0 spiro atoms. The molecule has 1 aliphatic carbocycles. The average Bonchev–Trinajstić information content (AvgIpc) is 2.70. The Hall–Kier alpha value is -0.120. The van der Waals surface area contributed by atoms with Crippen LogP contribution in [0.2, 0.25) is 0 Å². The highest BCUT2D eigenvalue weighted by Crippen LogP contribution is 2.37. The summed E-state index contributed by atoms with van der Waals surface area (Å²) < 4.78 is 6.23. The fourth-order valence-corrected chi connectivity index (χ4v) is 5.78. The summed E-state index contributed by atoms with van der Waals surface area (Å²) in [6.45, 7) is 13.0. The summed E-state index contributed by atoms with van der Waals surface area (Å²) in [5, 5.41) is 2.63. The van der Waals surface area contributed by atoms with Crippen molar-refractivity contribution in [2.45, 2.75) is 167 Å². The number of piperidine rings is 1. The molecule has 178 valence electrons. The van der Waals surface area contributed by atoms with Crippen LogP contribution in [0.4, 0.5) is 0 Å². The van der Waals surface area contributed by atoms with Crippen LogP contribution < -0.4 is 5.43 Å². The molecular formula is C27H54N2O. The zero-order chi connectivity index (χ0) is 21.9. The zero-order valence-electron chi connectivity index (χ0n) is 21.2. The van der Waals surface area contributed by atoms with E-state index in [1.807, 2.05) is 0 Å². The second kappa shape index (κ2) is 13.4. The maximum Gasteiger partial charge on any atom is 0.0575 e.